The van der Waals surface area contributed by atoms with E-state index in [-0.39, 0.29) is 23.6 Å². The zero-order valence-corrected chi connectivity index (χ0v) is 11.6. The molecule has 1 N–H and O–H groups in total. The Morgan fingerprint density at radius 1 is 1.19 bits per heavy atom. The lowest BCUT2D eigenvalue weighted by Crippen LogP contribution is -1.97. The fourth-order valence-electron chi connectivity index (χ4n) is 2.02. The Morgan fingerprint density at radius 3 is 2.52 bits per heavy atom. The predicted molar refractivity (Wildman–Crippen MR) is 75.0 cm³/mol. The molecule has 2 aromatic rings. The molecule has 21 heavy (non-hydrogen) atoms. The van der Waals surface area contributed by atoms with Crippen LogP contribution in [0.5, 0.6) is 11.5 Å². The summed E-state index contributed by atoms with van der Waals surface area (Å²) in [5.41, 5.74) is 1.47. The van der Waals surface area contributed by atoms with Gasteiger partial charge in [-0.2, -0.15) is 0 Å². The van der Waals surface area contributed by atoms with Crippen molar-refractivity contribution in [2.45, 2.75) is 20.5 Å². The van der Waals surface area contributed by atoms with Gasteiger partial charge in [0, 0.05) is 11.1 Å². The quantitative estimate of drug-likeness (QED) is 0.689. The fraction of sp³-hybridized carbons (Fsp3) is 0.200. The first-order chi connectivity index (χ1) is 9.92. The van der Waals surface area contributed by atoms with Crippen molar-refractivity contribution in [3.8, 4) is 11.5 Å². The first kappa shape index (κ1) is 14.9. The molecule has 0 spiro atoms. The summed E-state index contributed by atoms with van der Waals surface area (Å²) in [4.78, 5) is 10.5. The topological polar surface area (TPSA) is 72.6 Å². The van der Waals surface area contributed by atoms with Crippen LogP contribution in [0.2, 0.25) is 0 Å². The zero-order valence-electron chi connectivity index (χ0n) is 11.6. The van der Waals surface area contributed by atoms with Crippen LogP contribution in [0, 0.1) is 29.8 Å². The van der Waals surface area contributed by atoms with E-state index in [1.807, 2.05) is 0 Å². The van der Waals surface area contributed by atoms with Gasteiger partial charge in [0.2, 0.25) is 0 Å². The molecular formula is C15H14FNO4. The van der Waals surface area contributed by atoms with Crippen molar-refractivity contribution in [2.75, 3.05) is 0 Å². The van der Waals surface area contributed by atoms with E-state index in [4.69, 9.17) is 4.74 Å². The Balaban J connectivity index is 2.44. The highest BCUT2D eigenvalue weighted by atomic mass is 19.1. The number of hydrogen-bond acceptors (Lipinski definition) is 4. The number of aliphatic hydroxyl groups excluding tert-OH is 1. The summed E-state index contributed by atoms with van der Waals surface area (Å²) >= 11 is 0. The van der Waals surface area contributed by atoms with Crippen molar-refractivity contribution in [2.24, 2.45) is 0 Å². The molecule has 0 heterocycles. The maximum Gasteiger partial charge on any atom is 0.276 e. The Labute approximate surface area is 120 Å². The van der Waals surface area contributed by atoms with Gasteiger partial charge in [-0.25, -0.2) is 4.39 Å². The lowest BCUT2D eigenvalue weighted by molar-refractivity contribution is -0.385. The number of ether oxygens (including phenoxy) is 1. The first-order valence-corrected chi connectivity index (χ1v) is 6.25. The van der Waals surface area contributed by atoms with Crippen LogP contribution in [0.15, 0.2) is 30.3 Å². The van der Waals surface area contributed by atoms with Gasteiger partial charge >= 0.3 is 0 Å². The summed E-state index contributed by atoms with van der Waals surface area (Å²) in [7, 11) is 0. The lowest BCUT2D eigenvalue weighted by Gasteiger charge is -2.12. The first-order valence-electron chi connectivity index (χ1n) is 6.25. The number of nitro groups is 1. The van der Waals surface area contributed by atoms with E-state index >= 15 is 0 Å². The van der Waals surface area contributed by atoms with Crippen molar-refractivity contribution >= 4 is 5.69 Å². The molecule has 0 bridgehead atoms. The molecule has 5 nitrogen and oxygen atoms in total. The molecule has 0 aromatic heterocycles. The minimum Gasteiger partial charge on any atom is -0.456 e. The van der Waals surface area contributed by atoms with E-state index < -0.39 is 10.7 Å². The second kappa shape index (κ2) is 5.88. The SMILES string of the molecule is Cc1cc(C)c([N+](=O)[O-])cc1Oc1ccc(F)cc1CO. The van der Waals surface area contributed by atoms with Crippen LogP contribution in [-0.4, -0.2) is 10.0 Å². The third kappa shape index (κ3) is 3.17. The van der Waals surface area contributed by atoms with Gasteiger partial charge in [-0.1, -0.05) is 0 Å². The van der Waals surface area contributed by atoms with Crippen LogP contribution in [0.3, 0.4) is 0 Å². The Kier molecular flexibility index (Phi) is 4.18. The summed E-state index contributed by atoms with van der Waals surface area (Å²) in [5, 5.41) is 20.2. The van der Waals surface area contributed by atoms with Gasteiger partial charge in [-0.15, -0.1) is 0 Å². The van der Waals surface area contributed by atoms with Crippen molar-refractivity contribution in [1.82, 2.24) is 0 Å². The van der Waals surface area contributed by atoms with Gasteiger partial charge in [-0.3, -0.25) is 10.1 Å². The standard InChI is InChI=1S/C15H14FNO4/c1-9-5-10(2)15(7-13(9)17(19)20)21-14-4-3-12(16)6-11(14)8-18/h3-7,18H,8H2,1-2H3. The molecule has 0 aliphatic rings. The van der Waals surface area contributed by atoms with E-state index in [1.54, 1.807) is 19.9 Å². The van der Waals surface area contributed by atoms with E-state index in [9.17, 15) is 19.6 Å². The number of hydrogen-bond donors (Lipinski definition) is 1. The van der Waals surface area contributed by atoms with Gasteiger partial charge < -0.3 is 9.84 Å². The van der Waals surface area contributed by atoms with Crippen LogP contribution in [-0.2, 0) is 6.61 Å². The van der Waals surface area contributed by atoms with Crippen LogP contribution < -0.4 is 4.74 Å². The van der Waals surface area contributed by atoms with Crippen molar-refractivity contribution in [3.63, 3.8) is 0 Å². The molecule has 0 radical (unpaired) electrons. The zero-order chi connectivity index (χ0) is 15.6. The summed E-state index contributed by atoms with van der Waals surface area (Å²) in [6, 6.07) is 6.72. The Hall–Kier alpha value is -2.47. The number of nitro benzene ring substituents is 1. The molecule has 0 aliphatic carbocycles. The minimum atomic E-state index is -0.488. The third-order valence-electron chi connectivity index (χ3n) is 3.10. The number of aryl methyl sites for hydroxylation is 2. The molecule has 0 aliphatic heterocycles. The molecule has 0 atom stereocenters. The predicted octanol–water partition coefficient (Wildman–Crippen LogP) is 3.64. The molecule has 2 aromatic carbocycles. The highest BCUT2D eigenvalue weighted by Crippen LogP contribution is 2.33. The second-order valence-electron chi connectivity index (χ2n) is 4.67. The normalized spacial score (nSPS) is 10.5. The van der Waals surface area contributed by atoms with Crippen LogP contribution >= 0.6 is 0 Å². The average Bonchev–Trinajstić information content (AvgIpc) is 2.42. The third-order valence-corrected chi connectivity index (χ3v) is 3.10. The largest absolute Gasteiger partial charge is 0.456 e. The van der Waals surface area contributed by atoms with Gasteiger partial charge in [0.1, 0.15) is 17.3 Å². The lowest BCUT2D eigenvalue weighted by atomic mass is 10.1. The number of nitrogens with zero attached hydrogens (tertiary/aromatic N) is 1. The number of benzene rings is 2. The van der Waals surface area contributed by atoms with Crippen LogP contribution in [0.4, 0.5) is 10.1 Å². The number of rotatable bonds is 4. The summed E-state index contributed by atoms with van der Waals surface area (Å²) in [6.45, 7) is 3.01. The highest BCUT2D eigenvalue weighted by Gasteiger charge is 2.16. The minimum absolute atomic E-state index is 0.0525. The summed E-state index contributed by atoms with van der Waals surface area (Å²) in [6.07, 6.45) is 0. The van der Waals surface area contributed by atoms with Crippen molar-refractivity contribution in [1.29, 1.82) is 0 Å². The number of aliphatic hydroxyl groups is 1. The fourth-order valence-corrected chi connectivity index (χ4v) is 2.02. The van der Waals surface area contributed by atoms with Crippen molar-refractivity contribution in [3.05, 3.63) is 63.0 Å². The summed E-state index contributed by atoms with van der Waals surface area (Å²) in [5.74, 6) is 0.0757. The van der Waals surface area contributed by atoms with Crippen LogP contribution in [0.1, 0.15) is 16.7 Å². The molecular weight excluding hydrogens is 277 g/mol. The monoisotopic (exact) mass is 291 g/mol. The second-order valence-corrected chi connectivity index (χ2v) is 4.67. The number of halogens is 1. The molecule has 0 saturated carbocycles. The van der Waals surface area contributed by atoms with E-state index in [0.717, 1.165) is 6.07 Å². The molecule has 6 heteroatoms. The van der Waals surface area contributed by atoms with Gasteiger partial charge in [-0.05, 0) is 43.7 Å². The van der Waals surface area contributed by atoms with E-state index in [0.29, 0.717) is 16.9 Å². The van der Waals surface area contributed by atoms with E-state index in [1.165, 1.54) is 18.2 Å². The average molecular weight is 291 g/mol. The van der Waals surface area contributed by atoms with Gasteiger partial charge in [0.25, 0.3) is 5.69 Å². The maximum absolute atomic E-state index is 13.1. The molecule has 0 saturated heterocycles. The molecule has 0 fully saturated rings. The van der Waals surface area contributed by atoms with Crippen molar-refractivity contribution < 1.29 is 19.2 Å². The molecule has 0 amide bonds. The van der Waals surface area contributed by atoms with E-state index in [2.05, 4.69) is 0 Å². The maximum atomic E-state index is 13.1. The van der Waals surface area contributed by atoms with Crippen LogP contribution in [0.25, 0.3) is 0 Å². The molecule has 110 valence electrons. The smallest absolute Gasteiger partial charge is 0.276 e. The molecule has 2 rings (SSSR count). The molecule has 0 unspecified atom stereocenters. The summed E-state index contributed by atoms with van der Waals surface area (Å²) < 4.78 is 18.7. The van der Waals surface area contributed by atoms with Gasteiger partial charge in [0.05, 0.1) is 17.6 Å². The Bertz CT molecular complexity index is 700. The highest BCUT2D eigenvalue weighted by molar-refractivity contribution is 5.51. The Morgan fingerprint density at radius 2 is 1.90 bits per heavy atom. The van der Waals surface area contributed by atoms with Gasteiger partial charge in [0.15, 0.2) is 0 Å².